The number of ether oxygens (including phenoxy) is 3. The van der Waals surface area contributed by atoms with Crippen LogP contribution < -0.4 is 19.5 Å². The summed E-state index contributed by atoms with van der Waals surface area (Å²) in [4.78, 5) is 12.8. The second kappa shape index (κ2) is 7.13. The molecular weight excluding hydrogens is 358 g/mol. The van der Waals surface area contributed by atoms with Gasteiger partial charge in [0, 0.05) is 12.6 Å². The van der Waals surface area contributed by atoms with Crippen LogP contribution in [0.3, 0.4) is 0 Å². The van der Waals surface area contributed by atoms with E-state index in [0.29, 0.717) is 39.0 Å². The van der Waals surface area contributed by atoms with Gasteiger partial charge in [-0.25, -0.2) is 0 Å². The highest BCUT2D eigenvalue weighted by Crippen LogP contribution is 2.38. The second-order valence-corrected chi connectivity index (χ2v) is 5.88. The van der Waals surface area contributed by atoms with E-state index < -0.39 is 0 Å². The van der Waals surface area contributed by atoms with Crippen molar-refractivity contribution in [2.24, 2.45) is 7.05 Å². The first-order valence-corrected chi connectivity index (χ1v) is 8.10. The summed E-state index contributed by atoms with van der Waals surface area (Å²) in [7, 11) is 6.27. The molecule has 26 heavy (non-hydrogen) atoms. The molecule has 0 atom stereocenters. The average molecular weight is 376 g/mol. The van der Waals surface area contributed by atoms with Crippen LogP contribution in [-0.2, 0) is 7.05 Å². The molecule has 0 saturated carbocycles. The smallest absolute Gasteiger partial charge is 0.257 e. The molecule has 0 fully saturated rings. The lowest BCUT2D eigenvalue weighted by Crippen LogP contribution is -2.13. The molecular formula is C18H18ClN3O4. The van der Waals surface area contributed by atoms with Crippen LogP contribution in [-0.4, -0.2) is 37.0 Å². The fraction of sp³-hybridized carbons (Fsp3) is 0.222. The van der Waals surface area contributed by atoms with Crippen LogP contribution in [0.15, 0.2) is 30.3 Å². The third kappa shape index (κ3) is 3.01. The number of benzene rings is 2. The highest BCUT2D eigenvalue weighted by Gasteiger charge is 2.19. The van der Waals surface area contributed by atoms with Gasteiger partial charge in [-0.05, 0) is 24.3 Å². The first kappa shape index (κ1) is 17.9. The Balaban J connectivity index is 2.01. The molecule has 1 aromatic heterocycles. The first-order chi connectivity index (χ1) is 12.5. The van der Waals surface area contributed by atoms with Crippen molar-refractivity contribution in [1.29, 1.82) is 0 Å². The summed E-state index contributed by atoms with van der Waals surface area (Å²) < 4.78 is 17.5. The lowest BCUT2D eigenvalue weighted by Gasteiger charge is -2.13. The molecule has 0 radical (unpaired) electrons. The summed E-state index contributed by atoms with van der Waals surface area (Å²) in [6, 6.07) is 8.61. The van der Waals surface area contributed by atoms with Crippen LogP contribution >= 0.6 is 11.6 Å². The molecule has 8 heteroatoms. The summed E-state index contributed by atoms with van der Waals surface area (Å²) in [6.07, 6.45) is 0. The number of rotatable bonds is 5. The first-order valence-electron chi connectivity index (χ1n) is 7.72. The summed E-state index contributed by atoms with van der Waals surface area (Å²) in [5.74, 6) is 1.20. The van der Waals surface area contributed by atoms with Gasteiger partial charge in [0.15, 0.2) is 17.3 Å². The molecule has 7 nitrogen and oxygen atoms in total. The molecule has 0 unspecified atom stereocenters. The Bertz CT molecular complexity index is 959. The van der Waals surface area contributed by atoms with E-state index in [1.807, 2.05) is 12.1 Å². The van der Waals surface area contributed by atoms with Crippen LogP contribution in [0.1, 0.15) is 10.4 Å². The number of nitrogens with one attached hydrogen (secondary N) is 1. The number of carbonyl (C=O) groups excluding carboxylic acids is 1. The Kier molecular flexibility index (Phi) is 4.90. The third-order valence-electron chi connectivity index (χ3n) is 3.99. The van der Waals surface area contributed by atoms with Gasteiger partial charge in [-0.1, -0.05) is 17.7 Å². The predicted molar refractivity (Wildman–Crippen MR) is 99.8 cm³/mol. The second-order valence-electron chi connectivity index (χ2n) is 5.47. The van der Waals surface area contributed by atoms with Gasteiger partial charge in [-0.15, -0.1) is 0 Å². The van der Waals surface area contributed by atoms with E-state index in [9.17, 15) is 4.79 Å². The summed E-state index contributed by atoms with van der Waals surface area (Å²) >= 11 is 6.28. The summed E-state index contributed by atoms with van der Waals surface area (Å²) in [6.45, 7) is 0. The normalized spacial score (nSPS) is 10.7. The zero-order chi connectivity index (χ0) is 18.8. The Morgan fingerprint density at radius 1 is 1.12 bits per heavy atom. The number of carbonyl (C=O) groups is 1. The minimum absolute atomic E-state index is 0.338. The van der Waals surface area contributed by atoms with Gasteiger partial charge in [0.2, 0.25) is 5.75 Å². The van der Waals surface area contributed by atoms with Crippen LogP contribution in [0.4, 0.5) is 5.82 Å². The number of nitrogens with zero attached hydrogens (tertiary/aromatic N) is 2. The van der Waals surface area contributed by atoms with E-state index in [1.54, 1.807) is 29.9 Å². The van der Waals surface area contributed by atoms with Crippen molar-refractivity contribution in [1.82, 2.24) is 9.78 Å². The maximum atomic E-state index is 12.8. The Morgan fingerprint density at radius 2 is 1.77 bits per heavy atom. The molecule has 0 aliphatic rings. The Hall–Kier alpha value is -2.93. The lowest BCUT2D eigenvalue weighted by atomic mass is 10.1. The van der Waals surface area contributed by atoms with Gasteiger partial charge in [0.05, 0.1) is 37.3 Å². The van der Waals surface area contributed by atoms with Gasteiger partial charge in [-0.3, -0.25) is 9.48 Å². The largest absolute Gasteiger partial charge is 0.493 e. The van der Waals surface area contributed by atoms with Crippen molar-refractivity contribution in [3.8, 4) is 17.2 Å². The number of methoxy groups -OCH3 is 3. The van der Waals surface area contributed by atoms with Crippen LogP contribution in [0, 0.1) is 0 Å². The zero-order valence-electron chi connectivity index (χ0n) is 14.8. The number of fused-ring (bicyclic) bond motifs is 1. The number of hydrogen-bond donors (Lipinski definition) is 1. The highest BCUT2D eigenvalue weighted by molar-refractivity contribution is 6.36. The number of aryl methyl sites for hydroxylation is 1. The molecule has 136 valence electrons. The van der Waals surface area contributed by atoms with E-state index in [1.165, 1.54) is 21.3 Å². The predicted octanol–water partition coefficient (Wildman–Crippen LogP) is 3.50. The molecule has 1 heterocycles. The summed E-state index contributed by atoms with van der Waals surface area (Å²) in [5.41, 5.74) is 1.16. The van der Waals surface area contributed by atoms with E-state index in [4.69, 9.17) is 25.8 Å². The van der Waals surface area contributed by atoms with Gasteiger partial charge < -0.3 is 19.5 Å². The van der Waals surface area contributed by atoms with Crippen molar-refractivity contribution in [3.63, 3.8) is 0 Å². The number of hydrogen-bond acceptors (Lipinski definition) is 5. The van der Waals surface area contributed by atoms with Crippen molar-refractivity contribution in [3.05, 3.63) is 40.9 Å². The molecule has 0 aliphatic carbocycles. The summed E-state index contributed by atoms with van der Waals surface area (Å²) in [5, 5.41) is 8.33. The minimum Gasteiger partial charge on any atom is -0.493 e. The SMILES string of the molecule is COc1cc(C(=O)Nc2nn(C)c3cccc(Cl)c23)cc(OC)c1OC. The van der Waals surface area contributed by atoms with E-state index in [0.717, 1.165) is 5.52 Å². The Morgan fingerprint density at radius 3 is 2.35 bits per heavy atom. The van der Waals surface area contributed by atoms with Crippen LogP contribution in [0.5, 0.6) is 17.2 Å². The maximum absolute atomic E-state index is 12.8. The van der Waals surface area contributed by atoms with Gasteiger partial charge >= 0.3 is 0 Å². The number of anilines is 1. The topological polar surface area (TPSA) is 74.6 Å². The van der Waals surface area contributed by atoms with Crippen molar-refractivity contribution in [2.75, 3.05) is 26.6 Å². The number of amides is 1. The number of aromatic nitrogens is 2. The van der Waals surface area contributed by atoms with Crippen molar-refractivity contribution >= 4 is 34.2 Å². The molecule has 3 aromatic rings. The molecule has 0 saturated heterocycles. The average Bonchev–Trinajstić information content (AvgIpc) is 2.97. The molecule has 2 aromatic carbocycles. The molecule has 1 amide bonds. The van der Waals surface area contributed by atoms with E-state index in [2.05, 4.69) is 10.4 Å². The van der Waals surface area contributed by atoms with Crippen molar-refractivity contribution < 1.29 is 19.0 Å². The van der Waals surface area contributed by atoms with E-state index >= 15 is 0 Å². The number of halogens is 1. The molecule has 0 aliphatic heterocycles. The molecule has 0 bridgehead atoms. The quantitative estimate of drug-likeness (QED) is 0.738. The standard InChI is InChI=1S/C18H18ClN3O4/c1-22-12-7-5-6-11(19)15(12)17(21-22)20-18(23)10-8-13(24-2)16(26-4)14(9-10)25-3/h5-9H,1-4H3,(H,20,21,23). The maximum Gasteiger partial charge on any atom is 0.257 e. The Labute approximate surface area is 155 Å². The van der Waals surface area contributed by atoms with Crippen molar-refractivity contribution in [2.45, 2.75) is 0 Å². The minimum atomic E-state index is -0.371. The third-order valence-corrected chi connectivity index (χ3v) is 4.30. The molecule has 0 spiro atoms. The fourth-order valence-corrected chi connectivity index (χ4v) is 3.01. The highest BCUT2D eigenvalue weighted by atomic mass is 35.5. The van der Waals surface area contributed by atoms with E-state index in [-0.39, 0.29) is 5.91 Å². The van der Waals surface area contributed by atoms with Gasteiger partial charge in [0.1, 0.15) is 0 Å². The van der Waals surface area contributed by atoms with Crippen LogP contribution in [0.2, 0.25) is 5.02 Å². The molecule has 3 rings (SSSR count). The monoisotopic (exact) mass is 375 g/mol. The molecule has 1 N–H and O–H groups in total. The van der Waals surface area contributed by atoms with Gasteiger partial charge in [0.25, 0.3) is 5.91 Å². The lowest BCUT2D eigenvalue weighted by molar-refractivity contribution is 0.102. The fourth-order valence-electron chi connectivity index (χ4n) is 2.75. The van der Waals surface area contributed by atoms with Gasteiger partial charge in [-0.2, -0.15) is 5.10 Å². The zero-order valence-corrected chi connectivity index (χ0v) is 15.5. The van der Waals surface area contributed by atoms with Crippen LogP contribution in [0.25, 0.3) is 10.9 Å².